The Morgan fingerprint density at radius 3 is 2.62 bits per heavy atom. The van der Waals surface area contributed by atoms with Crippen LogP contribution < -0.4 is 15.4 Å². The maximum Gasteiger partial charge on any atom is 0.213 e. The van der Waals surface area contributed by atoms with Crippen LogP contribution in [0.1, 0.15) is 32.8 Å². The summed E-state index contributed by atoms with van der Waals surface area (Å²) in [7, 11) is 1.77. The first-order valence-corrected chi connectivity index (χ1v) is 7.18. The number of halogens is 1. The molecule has 0 spiro atoms. The van der Waals surface area contributed by atoms with Gasteiger partial charge >= 0.3 is 0 Å². The molecule has 1 rings (SSSR count). The van der Waals surface area contributed by atoms with Crippen molar-refractivity contribution < 1.29 is 4.74 Å². The SMILES string of the molecule is CCCOc1ccc(CNC(=NC)NCC(C)C)cn1.I. The molecule has 1 aromatic rings. The second-order valence-corrected chi connectivity index (χ2v) is 5.05. The van der Waals surface area contributed by atoms with E-state index in [1.165, 1.54) is 0 Å². The highest BCUT2D eigenvalue weighted by Crippen LogP contribution is 2.07. The minimum Gasteiger partial charge on any atom is -0.478 e. The first kappa shape index (κ1) is 19.9. The van der Waals surface area contributed by atoms with Gasteiger partial charge in [0, 0.05) is 32.4 Å². The molecular weight excluding hydrogens is 379 g/mol. The maximum atomic E-state index is 5.45. The molecule has 1 aromatic heterocycles. The lowest BCUT2D eigenvalue weighted by molar-refractivity contribution is 0.305. The molecule has 0 unspecified atom stereocenters. The zero-order chi connectivity index (χ0) is 14.8. The number of rotatable bonds is 7. The van der Waals surface area contributed by atoms with Crippen molar-refractivity contribution in [3.05, 3.63) is 23.9 Å². The molecule has 21 heavy (non-hydrogen) atoms. The lowest BCUT2D eigenvalue weighted by Crippen LogP contribution is -2.38. The van der Waals surface area contributed by atoms with Gasteiger partial charge in [0.1, 0.15) is 0 Å². The Morgan fingerprint density at radius 2 is 2.10 bits per heavy atom. The molecule has 0 amide bonds. The zero-order valence-electron chi connectivity index (χ0n) is 13.3. The summed E-state index contributed by atoms with van der Waals surface area (Å²) in [5.41, 5.74) is 1.10. The second-order valence-electron chi connectivity index (χ2n) is 5.05. The van der Waals surface area contributed by atoms with Gasteiger partial charge in [0.25, 0.3) is 0 Å². The Hall–Kier alpha value is -1.05. The predicted molar refractivity (Wildman–Crippen MR) is 98.5 cm³/mol. The smallest absolute Gasteiger partial charge is 0.213 e. The number of nitrogens with one attached hydrogen (secondary N) is 2. The predicted octanol–water partition coefficient (Wildman–Crippen LogP) is 2.81. The molecule has 0 aliphatic rings. The van der Waals surface area contributed by atoms with Gasteiger partial charge in [-0.2, -0.15) is 0 Å². The third-order valence-corrected chi connectivity index (χ3v) is 2.61. The fourth-order valence-corrected chi connectivity index (χ4v) is 1.51. The van der Waals surface area contributed by atoms with Crippen molar-refractivity contribution in [3.8, 4) is 5.88 Å². The van der Waals surface area contributed by atoms with Gasteiger partial charge < -0.3 is 15.4 Å². The van der Waals surface area contributed by atoms with Gasteiger partial charge in [-0.05, 0) is 17.9 Å². The van der Waals surface area contributed by atoms with Gasteiger partial charge in [-0.15, -0.1) is 24.0 Å². The monoisotopic (exact) mass is 406 g/mol. The van der Waals surface area contributed by atoms with E-state index in [2.05, 4.69) is 41.4 Å². The third-order valence-electron chi connectivity index (χ3n) is 2.61. The van der Waals surface area contributed by atoms with Crippen molar-refractivity contribution in [2.45, 2.75) is 33.7 Å². The number of aromatic nitrogens is 1. The fraction of sp³-hybridized carbons (Fsp3) is 0.600. The molecule has 1 heterocycles. The third kappa shape index (κ3) is 8.75. The van der Waals surface area contributed by atoms with E-state index in [1.54, 1.807) is 7.05 Å². The summed E-state index contributed by atoms with van der Waals surface area (Å²) in [6.45, 7) is 8.71. The quantitative estimate of drug-likeness (QED) is 0.416. The molecule has 0 aliphatic heterocycles. The molecule has 120 valence electrons. The molecule has 2 N–H and O–H groups in total. The van der Waals surface area contributed by atoms with Crippen LogP contribution >= 0.6 is 24.0 Å². The van der Waals surface area contributed by atoms with E-state index < -0.39 is 0 Å². The van der Waals surface area contributed by atoms with Gasteiger partial charge in [-0.3, -0.25) is 4.99 Å². The van der Waals surface area contributed by atoms with E-state index in [-0.39, 0.29) is 24.0 Å². The molecule has 5 nitrogen and oxygen atoms in total. The normalized spacial score (nSPS) is 11.0. The zero-order valence-corrected chi connectivity index (χ0v) is 15.7. The van der Waals surface area contributed by atoms with E-state index in [0.717, 1.165) is 24.5 Å². The van der Waals surface area contributed by atoms with E-state index in [9.17, 15) is 0 Å². The Balaban J connectivity index is 0.00000400. The minimum absolute atomic E-state index is 0. The van der Waals surface area contributed by atoms with Crippen LogP contribution in [-0.4, -0.2) is 31.1 Å². The number of guanidine groups is 1. The van der Waals surface area contributed by atoms with Crippen LogP contribution in [0.15, 0.2) is 23.3 Å². The van der Waals surface area contributed by atoms with Crippen LogP contribution in [0.2, 0.25) is 0 Å². The van der Waals surface area contributed by atoms with E-state index in [0.29, 0.717) is 24.9 Å². The molecule has 0 atom stereocenters. The topological polar surface area (TPSA) is 58.5 Å². The number of nitrogens with zero attached hydrogens (tertiary/aromatic N) is 2. The Labute approximate surface area is 145 Å². The summed E-state index contributed by atoms with van der Waals surface area (Å²) in [4.78, 5) is 8.45. The van der Waals surface area contributed by atoms with Crippen LogP contribution in [0.4, 0.5) is 0 Å². The maximum absolute atomic E-state index is 5.45. The average molecular weight is 406 g/mol. The van der Waals surface area contributed by atoms with Gasteiger partial charge in [0.05, 0.1) is 6.61 Å². The Kier molecular flexibility index (Phi) is 11.0. The van der Waals surface area contributed by atoms with Gasteiger partial charge in [-0.25, -0.2) is 4.98 Å². The highest BCUT2D eigenvalue weighted by atomic mass is 127. The number of pyridine rings is 1. The van der Waals surface area contributed by atoms with Gasteiger partial charge in [0.2, 0.25) is 5.88 Å². The minimum atomic E-state index is 0. The van der Waals surface area contributed by atoms with E-state index in [1.807, 2.05) is 18.3 Å². The summed E-state index contributed by atoms with van der Waals surface area (Å²) in [6.07, 6.45) is 2.82. The van der Waals surface area contributed by atoms with Crippen LogP contribution in [0.5, 0.6) is 5.88 Å². The first-order chi connectivity index (χ1) is 9.65. The number of ether oxygens (including phenoxy) is 1. The molecule has 0 aromatic carbocycles. The van der Waals surface area contributed by atoms with Gasteiger partial charge in [0.15, 0.2) is 5.96 Å². The fourth-order valence-electron chi connectivity index (χ4n) is 1.51. The molecule has 6 heteroatoms. The van der Waals surface area contributed by atoms with Crippen molar-refractivity contribution >= 4 is 29.9 Å². The molecule has 0 radical (unpaired) electrons. The summed E-state index contributed by atoms with van der Waals surface area (Å²) < 4.78 is 5.45. The lowest BCUT2D eigenvalue weighted by Gasteiger charge is -2.13. The second kappa shape index (κ2) is 11.6. The van der Waals surface area contributed by atoms with Crippen LogP contribution in [0.3, 0.4) is 0 Å². The molecule has 0 saturated heterocycles. The first-order valence-electron chi connectivity index (χ1n) is 7.18. The van der Waals surface area contributed by atoms with Crippen molar-refractivity contribution in [1.29, 1.82) is 0 Å². The molecule has 0 aliphatic carbocycles. The van der Waals surface area contributed by atoms with Gasteiger partial charge in [-0.1, -0.05) is 26.8 Å². The van der Waals surface area contributed by atoms with Crippen molar-refractivity contribution in [2.75, 3.05) is 20.2 Å². The van der Waals surface area contributed by atoms with Crippen molar-refractivity contribution in [1.82, 2.24) is 15.6 Å². The molecule has 0 fully saturated rings. The van der Waals surface area contributed by atoms with E-state index in [4.69, 9.17) is 4.74 Å². The van der Waals surface area contributed by atoms with Crippen molar-refractivity contribution in [3.63, 3.8) is 0 Å². The highest BCUT2D eigenvalue weighted by Gasteiger charge is 2.01. The number of hydrogen-bond acceptors (Lipinski definition) is 3. The summed E-state index contributed by atoms with van der Waals surface area (Å²) in [5.74, 6) is 2.08. The molecule has 0 saturated carbocycles. The lowest BCUT2D eigenvalue weighted by atomic mass is 10.2. The van der Waals surface area contributed by atoms with Crippen LogP contribution in [0.25, 0.3) is 0 Å². The summed E-state index contributed by atoms with van der Waals surface area (Å²) in [5, 5.41) is 6.53. The Morgan fingerprint density at radius 1 is 1.33 bits per heavy atom. The molecule has 0 bridgehead atoms. The largest absolute Gasteiger partial charge is 0.478 e. The number of aliphatic imine (C=N–C) groups is 1. The number of hydrogen-bond donors (Lipinski definition) is 2. The molecular formula is C15H27IN4O. The Bertz CT molecular complexity index is 407. The standard InChI is InChI=1S/C15H26N4O.HI/c1-5-8-20-14-7-6-13(10-17-14)11-19-15(16-4)18-9-12(2)3;/h6-7,10,12H,5,8-9,11H2,1-4H3,(H2,16,18,19);1H. The van der Waals surface area contributed by atoms with Crippen LogP contribution in [0, 0.1) is 5.92 Å². The van der Waals surface area contributed by atoms with Crippen LogP contribution in [-0.2, 0) is 6.54 Å². The summed E-state index contributed by atoms with van der Waals surface area (Å²) >= 11 is 0. The highest BCUT2D eigenvalue weighted by molar-refractivity contribution is 14.0. The average Bonchev–Trinajstić information content (AvgIpc) is 2.46. The van der Waals surface area contributed by atoms with E-state index >= 15 is 0 Å². The summed E-state index contributed by atoms with van der Waals surface area (Å²) in [6, 6.07) is 3.91. The van der Waals surface area contributed by atoms with Crippen molar-refractivity contribution in [2.24, 2.45) is 10.9 Å².